The molecule has 2 atom stereocenters. The molecule has 86 valence electrons. The van der Waals surface area contributed by atoms with Gasteiger partial charge in [-0.05, 0) is 13.3 Å². The lowest BCUT2D eigenvalue weighted by atomic mass is 10.2. The van der Waals surface area contributed by atoms with Crippen LogP contribution in [0.15, 0.2) is 4.76 Å². The zero-order valence-electron chi connectivity index (χ0n) is 9.06. The van der Waals surface area contributed by atoms with Gasteiger partial charge in [0.2, 0.25) is 5.96 Å². The van der Waals surface area contributed by atoms with E-state index in [1.807, 2.05) is 6.92 Å². The van der Waals surface area contributed by atoms with Gasteiger partial charge in [-0.2, -0.15) is 10.0 Å². The molecule has 1 heterocycles. The first-order valence-corrected chi connectivity index (χ1v) is 5.82. The van der Waals surface area contributed by atoms with Crippen molar-refractivity contribution in [3.05, 3.63) is 0 Å². The van der Waals surface area contributed by atoms with Crippen LogP contribution in [0.5, 0.6) is 0 Å². The van der Waals surface area contributed by atoms with Gasteiger partial charge in [-0.15, -0.1) is 0 Å². The number of nitrogens with one attached hydrogen (secondary N) is 1. The molecular formula is C7H16N5O2P. The second kappa shape index (κ2) is 4.19. The summed E-state index contributed by atoms with van der Waals surface area (Å²) < 4.78 is 15.4. The van der Waals surface area contributed by atoms with E-state index >= 15 is 0 Å². The Kier molecular flexibility index (Phi) is 3.88. The maximum Gasteiger partial charge on any atom is 0.339 e. The van der Waals surface area contributed by atoms with Gasteiger partial charge in [-0.1, -0.05) is 6.92 Å². The minimum atomic E-state index is -3.61. The number of nitriles is 1. The molecule has 1 rings (SSSR count). The molecule has 5 N–H and O–H groups in total. The first-order valence-electron chi connectivity index (χ1n) is 4.21. The lowest BCUT2D eigenvalue weighted by molar-refractivity contribution is 0.295. The Hall–Kier alpha value is -1.09. The Bertz CT molecular complexity index is 363. The van der Waals surface area contributed by atoms with Crippen LogP contribution < -0.4 is 11.5 Å². The summed E-state index contributed by atoms with van der Waals surface area (Å²) in [6.45, 7) is 3.47. The molecule has 7 nitrogen and oxygen atoms in total. The Morgan fingerprint density at radius 2 is 2.33 bits per heavy atom. The summed E-state index contributed by atoms with van der Waals surface area (Å²) in [6.07, 6.45) is 2.17. The van der Waals surface area contributed by atoms with Crippen LogP contribution in [0, 0.1) is 11.5 Å². The summed E-state index contributed by atoms with van der Waals surface area (Å²) in [4.78, 5) is 11.2. The molecule has 0 radical (unpaired) electrons. The summed E-state index contributed by atoms with van der Waals surface area (Å²) >= 11 is 0. The van der Waals surface area contributed by atoms with E-state index in [1.165, 1.54) is 4.90 Å². The Morgan fingerprint density at radius 1 is 1.80 bits per heavy atom. The molecule has 1 aliphatic heterocycles. The number of guanidine groups is 1. The van der Waals surface area contributed by atoms with Gasteiger partial charge < -0.3 is 15.9 Å². The molecule has 0 amide bonds. The molecule has 8 heteroatoms. The minimum absolute atomic E-state index is 0. The van der Waals surface area contributed by atoms with Crippen molar-refractivity contribution >= 4 is 13.5 Å². The van der Waals surface area contributed by atoms with Crippen LogP contribution in [0.25, 0.3) is 0 Å². The van der Waals surface area contributed by atoms with Crippen molar-refractivity contribution in [3.63, 3.8) is 0 Å². The minimum Gasteiger partial charge on any atom is -0.344 e. The monoisotopic (exact) mass is 233 g/mol. The average Bonchev–Trinajstić information content (AvgIpc) is 2.28. The largest absolute Gasteiger partial charge is 0.344 e. The molecular weight excluding hydrogens is 217 g/mol. The van der Waals surface area contributed by atoms with Crippen LogP contribution in [-0.4, -0.2) is 28.1 Å². The van der Waals surface area contributed by atoms with Gasteiger partial charge in [-0.25, -0.2) is 0 Å². The molecule has 2 unspecified atom stereocenters. The van der Waals surface area contributed by atoms with Gasteiger partial charge in [0.1, 0.15) is 5.28 Å². The van der Waals surface area contributed by atoms with E-state index in [9.17, 15) is 9.46 Å². The van der Waals surface area contributed by atoms with E-state index in [2.05, 4.69) is 10.1 Å². The molecule has 0 bridgehead atoms. The molecule has 0 aliphatic carbocycles. The van der Waals surface area contributed by atoms with Crippen LogP contribution in [0.4, 0.5) is 0 Å². The van der Waals surface area contributed by atoms with Gasteiger partial charge in [0.05, 0.1) is 0 Å². The number of rotatable bonds is 1. The van der Waals surface area contributed by atoms with Gasteiger partial charge >= 0.3 is 7.52 Å². The molecule has 0 saturated heterocycles. The molecule has 0 spiro atoms. The van der Waals surface area contributed by atoms with E-state index in [-0.39, 0.29) is 12.1 Å². The average molecular weight is 233 g/mol. The van der Waals surface area contributed by atoms with Crippen molar-refractivity contribution < 1.29 is 9.46 Å². The number of hydrogen-bond acceptors (Lipinski definition) is 5. The molecule has 0 aromatic carbocycles. The van der Waals surface area contributed by atoms with Crippen LogP contribution in [-0.2, 0) is 4.57 Å². The predicted octanol–water partition coefficient (Wildman–Crippen LogP) is 0.832. The lowest BCUT2D eigenvalue weighted by Gasteiger charge is -2.33. The van der Waals surface area contributed by atoms with Crippen LogP contribution >= 0.6 is 7.52 Å². The highest BCUT2D eigenvalue weighted by molar-refractivity contribution is 7.58. The second-order valence-corrected chi connectivity index (χ2v) is 5.59. The van der Waals surface area contributed by atoms with E-state index in [4.69, 9.17) is 5.26 Å². The van der Waals surface area contributed by atoms with Crippen LogP contribution in [0.3, 0.4) is 0 Å². The van der Waals surface area contributed by atoms with Gasteiger partial charge in [0.15, 0.2) is 6.19 Å². The maximum absolute atomic E-state index is 11.8. The summed E-state index contributed by atoms with van der Waals surface area (Å²) in [5.41, 5.74) is 0. The third-order valence-corrected chi connectivity index (χ3v) is 5.07. The fraction of sp³-hybridized carbons (Fsp3) is 0.714. The normalized spacial score (nSPS) is 34.1. The molecule has 0 aromatic rings. The first-order chi connectivity index (χ1) is 6.39. The second-order valence-electron chi connectivity index (χ2n) is 3.33. The van der Waals surface area contributed by atoms with Crippen molar-refractivity contribution in [1.29, 1.82) is 5.26 Å². The standard InChI is InChI=1S/C7H13N4O2P.H3N/c1-4-7(2)11(3)6(9-5-8)10-14(7,12)13;/h4H2,1-3H3,(H2,9,10,12,13);1H3. The molecule has 1 aliphatic rings. The predicted molar refractivity (Wildman–Crippen MR) is 57.5 cm³/mol. The van der Waals surface area contributed by atoms with Crippen molar-refractivity contribution in [2.75, 3.05) is 7.05 Å². The third kappa shape index (κ3) is 1.84. The summed E-state index contributed by atoms with van der Waals surface area (Å²) in [6, 6.07) is 0. The highest BCUT2D eigenvalue weighted by atomic mass is 31.2. The van der Waals surface area contributed by atoms with Gasteiger partial charge in [-0.3, -0.25) is 9.88 Å². The smallest absolute Gasteiger partial charge is 0.339 e. The molecule has 0 saturated carbocycles. The van der Waals surface area contributed by atoms with E-state index in [0.29, 0.717) is 6.42 Å². The molecule has 15 heavy (non-hydrogen) atoms. The Balaban J connectivity index is 0.00000196. The van der Waals surface area contributed by atoms with E-state index in [0.717, 1.165) is 0 Å². The topological polar surface area (TPSA) is 124 Å². The van der Waals surface area contributed by atoms with Crippen molar-refractivity contribution in [2.24, 2.45) is 4.76 Å². The number of nitrogens with zero attached hydrogens (tertiary/aromatic N) is 3. The van der Waals surface area contributed by atoms with Gasteiger partial charge in [0, 0.05) is 7.05 Å². The molecule has 0 aromatic heterocycles. The van der Waals surface area contributed by atoms with Gasteiger partial charge in [0.25, 0.3) is 0 Å². The molecule has 0 fully saturated rings. The third-order valence-electron chi connectivity index (χ3n) is 2.74. The highest BCUT2D eigenvalue weighted by Crippen LogP contribution is 2.62. The van der Waals surface area contributed by atoms with Crippen LogP contribution in [0.2, 0.25) is 0 Å². The quantitative estimate of drug-likeness (QED) is 0.350. The summed E-state index contributed by atoms with van der Waals surface area (Å²) in [5, 5.41) is 9.80. The fourth-order valence-corrected chi connectivity index (χ4v) is 2.88. The number of hydrogen-bond donors (Lipinski definition) is 3. The van der Waals surface area contributed by atoms with Crippen molar-refractivity contribution in [3.8, 4) is 6.19 Å². The SMILES string of the molecule is CCC1(C)N(C)C(NC#N)=NP1(=O)O.N. The maximum atomic E-state index is 11.8. The fourth-order valence-electron chi connectivity index (χ4n) is 1.33. The lowest BCUT2D eigenvalue weighted by Crippen LogP contribution is -2.45. The Labute approximate surface area is 88.9 Å². The zero-order chi connectivity index (χ0) is 11.0. The van der Waals surface area contributed by atoms with Crippen LogP contribution in [0.1, 0.15) is 20.3 Å². The summed E-state index contributed by atoms with van der Waals surface area (Å²) in [5.74, 6) is 0.155. The zero-order valence-corrected chi connectivity index (χ0v) is 9.95. The van der Waals surface area contributed by atoms with E-state index < -0.39 is 12.8 Å². The highest BCUT2D eigenvalue weighted by Gasteiger charge is 2.52. The van der Waals surface area contributed by atoms with Crippen molar-refractivity contribution in [1.82, 2.24) is 16.4 Å². The summed E-state index contributed by atoms with van der Waals surface area (Å²) in [7, 11) is -1.97. The first kappa shape index (κ1) is 13.9. The Morgan fingerprint density at radius 3 is 2.67 bits per heavy atom. The van der Waals surface area contributed by atoms with E-state index in [1.54, 1.807) is 20.2 Å². The van der Waals surface area contributed by atoms with Crippen molar-refractivity contribution in [2.45, 2.75) is 25.5 Å².